The molecule has 0 aliphatic rings. The maximum absolute atomic E-state index is 5.49. The molecule has 0 radical (unpaired) electrons. The van der Waals surface area contributed by atoms with E-state index in [-0.39, 0.29) is 24.0 Å². The number of aromatic nitrogens is 1. The number of unbranched alkanes of at least 4 members (excludes halogenated alkanes) is 1. The number of hydrogen-bond acceptors (Lipinski definition) is 4. The van der Waals surface area contributed by atoms with E-state index in [1.165, 1.54) is 6.42 Å². The van der Waals surface area contributed by atoms with Gasteiger partial charge in [0.15, 0.2) is 5.96 Å². The van der Waals surface area contributed by atoms with Gasteiger partial charge in [-0.3, -0.25) is 0 Å². The van der Waals surface area contributed by atoms with Crippen molar-refractivity contribution in [2.24, 2.45) is 4.99 Å². The minimum Gasteiger partial charge on any atom is -0.443 e. The normalized spacial score (nSPS) is 11.1. The molecule has 0 aromatic carbocycles. The van der Waals surface area contributed by atoms with Crippen molar-refractivity contribution in [2.45, 2.75) is 33.2 Å². The number of nitrogens with zero attached hydrogens (tertiary/aromatic N) is 2. The van der Waals surface area contributed by atoms with Crippen molar-refractivity contribution in [3.05, 3.63) is 29.5 Å². The molecule has 122 valence electrons. The monoisotopic (exact) mass is 434 g/mol. The summed E-state index contributed by atoms with van der Waals surface area (Å²) in [4.78, 5) is 10.0. The van der Waals surface area contributed by atoms with E-state index >= 15 is 0 Å². The van der Waals surface area contributed by atoms with E-state index in [9.17, 15) is 0 Å². The number of halogens is 1. The van der Waals surface area contributed by atoms with Gasteiger partial charge < -0.3 is 15.1 Å². The average molecular weight is 434 g/mol. The van der Waals surface area contributed by atoms with Crippen LogP contribution in [0.3, 0.4) is 0 Å². The van der Waals surface area contributed by atoms with Crippen LogP contribution in [0.25, 0.3) is 10.8 Å². The number of nitrogens with one attached hydrogen (secondary N) is 2. The van der Waals surface area contributed by atoms with Gasteiger partial charge in [-0.25, -0.2) is 9.98 Å². The van der Waals surface area contributed by atoms with E-state index in [4.69, 9.17) is 4.42 Å². The summed E-state index contributed by atoms with van der Waals surface area (Å²) in [6.45, 7) is 6.52. The lowest BCUT2D eigenvalue weighted by molar-refractivity contribution is 0.574. The van der Waals surface area contributed by atoms with E-state index < -0.39 is 0 Å². The zero-order chi connectivity index (χ0) is 14.9. The first-order valence-electron chi connectivity index (χ1n) is 7.34. The molecule has 2 N–H and O–H groups in total. The summed E-state index contributed by atoms with van der Waals surface area (Å²) >= 11 is 1.62. The van der Waals surface area contributed by atoms with Crippen molar-refractivity contribution in [1.82, 2.24) is 15.6 Å². The summed E-state index contributed by atoms with van der Waals surface area (Å²) in [6.07, 6.45) is 3.98. The lowest BCUT2D eigenvalue weighted by atomic mass is 10.3. The molecular weight excluding hydrogens is 411 g/mol. The van der Waals surface area contributed by atoms with Gasteiger partial charge in [-0.05, 0) is 24.8 Å². The highest BCUT2D eigenvalue weighted by molar-refractivity contribution is 14.0. The molecule has 0 fully saturated rings. The van der Waals surface area contributed by atoms with Crippen molar-refractivity contribution >= 4 is 41.3 Å². The maximum atomic E-state index is 5.49. The minimum atomic E-state index is 0. The fourth-order valence-electron chi connectivity index (χ4n) is 1.78. The Morgan fingerprint density at radius 1 is 1.36 bits per heavy atom. The molecule has 0 amide bonds. The Balaban J connectivity index is 0.00000242. The highest BCUT2D eigenvalue weighted by Crippen LogP contribution is 2.23. The van der Waals surface area contributed by atoms with Crippen LogP contribution in [0.2, 0.25) is 0 Å². The second kappa shape index (κ2) is 10.6. The van der Waals surface area contributed by atoms with Gasteiger partial charge in [0.25, 0.3) is 0 Å². The van der Waals surface area contributed by atoms with Crippen LogP contribution in [-0.2, 0) is 6.54 Å². The van der Waals surface area contributed by atoms with Crippen LogP contribution in [-0.4, -0.2) is 24.0 Å². The van der Waals surface area contributed by atoms with Crippen molar-refractivity contribution < 1.29 is 4.42 Å². The summed E-state index contributed by atoms with van der Waals surface area (Å²) < 4.78 is 5.49. The zero-order valence-corrected chi connectivity index (χ0v) is 16.1. The van der Waals surface area contributed by atoms with Gasteiger partial charge in [0.1, 0.15) is 12.0 Å². The molecule has 0 spiro atoms. The van der Waals surface area contributed by atoms with E-state index in [1.807, 2.05) is 17.5 Å². The van der Waals surface area contributed by atoms with E-state index in [2.05, 4.69) is 34.5 Å². The third-order valence-corrected chi connectivity index (χ3v) is 3.71. The molecular formula is C15H23IN4OS. The van der Waals surface area contributed by atoms with Gasteiger partial charge in [-0.1, -0.05) is 19.4 Å². The molecule has 2 rings (SSSR count). The summed E-state index contributed by atoms with van der Waals surface area (Å²) in [6, 6.07) is 3.99. The van der Waals surface area contributed by atoms with E-state index in [0.717, 1.165) is 36.0 Å². The maximum Gasteiger partial charge on any atom is 0.236 e. The highest BCUT2D eigenvalue weighted by Gasteiger charge is 2.07. The predicted molar refractivity (Wildman–Crippen MR) is 103 cm³/mol. The standard InChI is InChI=1S/C15H22N4OS.HI/c1-3-5-8-17-15(16-4-2)18-10-12-11-20-14(19-12)13-7-6-9-21-13;/h6-7,9,11H,3-5,8,10H2,1-2H3,(H2,16,17,18);1H. The van der Waals surface area contributed by atoms with Crippen LogP contribution < -0.4 is 10.6 Å². The molecule has 0 aliphatic carbocycles. The molecule has 0 aliphatic heterocycles. The Kier molecular flexibility index (Phi) is 9.14. The molecule has 0 saturated heterocycles. The molecule has 0 bridgehead atoms. The Hall–Kier alpha value is -1.09. The summed E-state index contributed by atoms with van der Waals surface area (Å²) in [5.74, 6) is 1.49. The van der Waals surface area contributed by atoms with Crippen LogP contribution in [0.1, 0.15) is 32.4 Å². The zero-order valence-electron chi connectivity index (χ0n) is 13.0. The van der Waals surface area contributed by atoms with Crippen LogP contribution in [0.4, 0.5) is 0 Å². The third kappa shape index (κ3) is 5.96. The molecule has 2 aromatic heterocycles. The second-order valence-electron chi connectivity index (χ2n) is 4.60. The van der Waals surface area contributed by atoms with Gasteiger partial charge in [0, 0.05) is 13.1 Å². The molecule has 5 nitrogen and oxygen atoms in total. The fourth-order valence-corrected chi connectivity index (χ4v) is 2.43. The first kappa shape index (κ1) is 19.0. The quantitative estimate of drug-likeness (QED) is 0.301. The van der Waals surface area contributed by atoms with Crippen molar-refractivity contribution in [2.75, 3.05) is 13.1 Å². The van der Waals surface area contributed by atoms with Crippen LogP contribution >= 0.6 is 35.3 Å². The van der Waals surface area contributed by atoms with E-state index in [0.29, 0.717) is 12.4 Å². The lowest BCUT2D eigenvalue weighted by Crippen LogP contribution is -2.37. The Bertz CT molecular complexity index is 554. The van der Waals surface area contributed by atoms with Crippen LogP contribution in [0.15, 0.2) is 33.2 Å². The lowest BCUT2D eigenvalue weighted by Gasteiger charge is -2.09. The molecule has 2 heterocycles. The van der Waals surface area contributed by atoms with Crippen molar-refractivity contribution in [1.29, 1.82) is 0 Å². The first-order chi connectivity index (χ1) is 10.3. The molecule has 0 atom stereocenters. The van der Waals surface area contributed by atoms with Crippen LogP contribution in [0.5, 0.6) is 0 Å². The number of guanidine groups is 1. The SMILES string of the molecule is CCCCNC(=NCc1coc(-c2cccs2)n1)NCC.I. The predicted octanol–water partition coefficient (Wildman–Crippen LogP) is 3.88. The van der Waals surface area contributed by atoms with Crippen LogP contribution in [0, 0.1) is 0 Å². The minimum absolute atomic E-state index is 0. The van der Waals surface area contributed by atoms with Gasteiger partial charge in [0.05, 0.1) is 11.4 Å². The van der Waals surface area contributed by atoms with Gasteiger partial charge in [0.2, 0.25) is 5.89 Å². The topological polar surface area (TPSA) is 62.5 Å². The second-order valence-corrected chi connectivity index (χ2v) is 5.54. The van der Waals surface area contributed by atoms with Gasteiger partial charge in [-0.2, -0.15) is 0 Å². The molecule has 0 unspecified atom stereocenters. The number of rotatable bonds is 7. The molecule has 2 aromatic rings. The van der Waals surface area contributed by atoms with E-state index in [1.54, 1.807) is 17.6 Å². The molecule has 7 heteroatoms. The largest absolute Gasteiger partial charge is 0.443 e. The number of oxazole rings is 1. The number of aliphatic imine (C=N–C) groups is 1. The fraction of sp³-hybridized carbons (Fsp3) is 0.467. The van der Waals surface area contributed by atoms with Crippen molar-refractivity contribution in [3.63, 3.8) is 0 Å². The Labute approximate surface area is 152 Å². The highest BCUT2D eigenvalue weighted by atomic mass is 127. The van der Waals surface area contributed by atoms with Gasteiger partial charge in [-0.15, -0.1) is 35.3 Å². The van der Waals surface area contributed by atoms with Crippen molar-refractivity contribution in [3.8, 4) is 10.8 Å². The first-order valence-corrected chi connectivity index (χ1v) is 8.22. The third-order valence-electron chi connectivity index (χ3n) is 2.85. The number of hydrogen-bond donors (Lipinski definition) is 2. The average Bonchev–Trinajstić information content (AvgIpc) is 3.15. The summed E-state index contributed by atoms with van der Waals surface area (Å²) in [5, 5.41) is 8.55. The van der Waals surface area contributed by atoms with Gasteiger partial charge >= 0.3 is 0 Å². The Morgan fingerprint density at radius 3 is 2.91 bits per heavy atom. The smallest absolute Gasteiger partial charge is 0.236 e. The molecule has 22 heavy (non-hydrogen) atoms. The number of thiophene rings is 1. The Morgan fingerprint density at radius 2 is 2.23 bits per heavy atom. The summed E-state index contributed by atoms with van der Waals surface area (Å²) in [5.41, 5.74) is 0.839. The summed E-state index contributed by atoms with van der Waals surface area (Å²) in [7, 11) is 0. The molecule has 0 saturated carbocycles.